The first-order valence-corrected chi connectivity index (χ1v) is 7.73. The Morgan fingerprint density at radius 3 is 2.92 bits per heavy atom. The molecule has 5 heteroatoms. The maximum absolute atomic E-state index is 13.7. The molecule has 0 fully saturated rings. The number of aliphatic hydroxyl groups is 1. The fourth-order valence-corrected chi connectivity index (χ4v) is 2.67. The first-order valence-electron chi connectivity index (χ1n) is 7.73. The number of hydrogen-bond acceptors (Lipinski definition) is 4. The summed E-state index contributed by atoms with van der Waals surface area (Å²) in [7, 11) is 1.59. The van der Waals surface area contributed by atoms with Gasteiger partial charge in [-0.2, -0.15) is 0 Å². The van der Waals surface area contributed by atoms with Crippen molar-refractivity contribution in [1.29, 1.82) is 0 Å². The second-order valence-electron chi connectivity index (χ2n) is 5.56. The van der Waals surface area contributed by atoms with E-state index in [1.165, 1.54) is 12.1 Å². The van der Waals surface area contributed by atoms with Gasteiger partial charge in [-0.3, -0.25) is 4.98 Å². The van der Waals surface area contributed by atoms with Crippen molar-refractivity contribution < 1.29 is 14.2 Å². The number of methoxy groups -OCH3 is 1. The van der Waals surface area contributed by atoms with E-state index in [0.717, 1.165) is 22.0 Å². The van der Waals surface area contributed by atoms with Gasteiger partial charge in [-0.25, -0.2) is 4.39 Å². The molecular formula is C19H19FN2O2. The number of fused-ring (bicyclic) bond motifs is 1. The van der Waals surface area contributed by atoms with Crippen LogP contribution in [0, 0.1) is 5.82 Å². The van der Waals surface area contributed by atoms with Crippen LogP contribution < -0.4 is 10.1 Å². The molecule has 0 aliphatic heterocycles. The van der Waals surface area contributed by atoms with Gasteiger partial charge in [0.25, 0.3) is 0 Å². The molecule has 4 nitrogen and oxygen atoms in total. The summed E-state index contributed by atoms with van der Waals surface area (Å²) in [4.78, 5) is 4.32. The average molecular weight is 326 g/mol. The standard InChI is InChI=1S/C19H19FN2O2/c1-24-17-6-2-4-13(10-17)18(23)12-21-11-15-9-16(20)8-14-5-3-7-22-19(14)15/h2-10,18,21,23H,11-12H2,1H3. The topological polar surface area (TPSA) is 54.4 Å². The van der Waals surface area contributed by atoms with Crippen LogP contribution in [0.4, 0.5) is 4.39 Å². The molecule has 0 aliphatic carbocycles. The van der Waals surface area contributed by atoms with Crippen molar-refractivity contribution in [3.63, 3.8) is 0 Å². The summed E-state index contributed by atoms with van der Waals surface area (Å²) in [5.74, 6) is 0.410. The summed E-state index contributed by atoms with van der Waals surface area (Å²) in [5.41, 5.74) is 2.30. The first kappa shape index (κ1) is 16.4. The molecule has 1 heterocycles. The fraction of sp³-hybridized carbons (Fsp3) is 0.211. The van der Waals surface area contributed by atoms with Gasteiger partial charge >= 0.3 is 0 Å². The zero-order chi connectivity index (χ0) is 16.9. The summed E-state index contributed by atoms with van der Waals surface area (Å²) in [6.45, 7) is 0.768. The Morgan fingerprint density at radius 2 is 2.08 bits per heavy atom. The van der Waals surface area contributed by atoms with Gasteiger partial charge in [-0.15, -0.1) is 0 Å². The van der Waals surface area contributed by atoms with Crippen molar-refractivity contribution in [2.75, 3.05) is 13.7 Å². The lowest BCUT2D eigenvalue weighted by molar-refractivity contribution is 0.174. The molecule has 0 saturated carbocycles. The van der Waals surface area contributed by atoms with Gasteiger partial charge in [-0.05, 0) is 41.5 Å². The molecule has 0 aliphatic rings. The van der Waals surface area contributed by atoms with Crippen LogP contribution in [0.5, 0.6) is 5.75 Å². The molecule has 1 atom stereocenters. The summed E-state index contributed by atoms with van der Waals surface area (Å²) in [6, 6.07) is 13.9. The highest BCUT2D eigenvalue weighted by Crippen LogP contribution is 2.20. The van der Waals surface area contributed by atoms with Crippen LogP contribution in [-0.4, -0.2) is 23.7 Å². The van der Waals surface area contributed by atoms with Gasteiger partial charge in [0.2, 0.25) is 0 Å². The quantitative estimate of drug-likeness (QED) is 0.730. The highest BCUT2D eigenvalue weighted by atomic mass is 19.1. The Morgan fingerprint density at radius 1 is 1.21 bits per heavy atom. The molecular weight excluding hydrogens is 307 g/mol. The van der Waals surface area contributed by atoms with Crippen LogP contribution >= 0.6 is 0 Å². The van der Waals surface area contributed by atoms with E-state index in [1.807, 2.05) is 24.3 Å². The fourth-order valence-electron chi connectivity index (χ4n) is 2.67. The molecule has 1 aromatic heterocycles. The number of benzene rings is 2. The van der Waals surface area contributed by atoms with Crippen molar-refractivity contribution in [1.82, 2.24) is 10.3 Å². The predicted octanol–water partition coefficient (Wildman–Crippen LogP) is 3.21. The monoisotopic (exact) mass is 326 g/mol. The normalized spacial score (nSPS) is 12.3. The molecule has 24 heavy (non-hydrogen) atoms. The van der Waals surface area contributed by atoms with E-state index >= 15 is 0 Å². The lowest BCUT2D eigenvalue weighted by Gasteiger charge is -2.14. The Hall–Kier alpha value is -2.50. The Bertz CT molecular complexity index is 838. The predicted molar refractivity (Wildman–Crippen MR) is 91.4 cm³/mol. The second kappa shape index (κ2) is 7.38. The van der Waals surface area contributed by atoms with Crippen molar-refractivity contribution in [3.05, 3.63) is 71.7 Å². The van der Waals surface area contributed by atoms with Crippen LogP contribution in [0.15, 0.2) is 54.7 Å². The highest BCUT2D eigenvalue weighted by molar-refractivity contribution is 5.81. The lowest BCUT2D eigenvalue weighted by atomic mass is 10.1. The number of halogens is 1. The summed E-state index contributed by atoms with van der Waals surface area (Å²) >= 11 is 0. The number of nitrogens with zero attached hydrogens (tertiary/aromatic N) is 1. The third kappa shape index (κ3) is 3.69. The molecule has 2 aromatic carbocycles. The maximum atomic E-state index is 13.7. The number of hydrogen-bond donors (Lipinski definition) is 2. The highest BCUT2D eigenvalue weighted by Gasteiger charge is 2.10. The lowest BCUT2D eigenvalue weighted by Crippen LogP contribution is -2.21. The number of aromatic nitrogens is 1. The summed E-state index contributed by atoms with van der Waals surface area (Å²) in [6.07, 6.45) is 1.02. The van der Waals surface area contributed by atoms with Crippen molar-refractivity contribution >= 4 is 10.9 Å². The number of aliphatic hydroxyl groups excluding tert-OH is 1. The van der Waals surface area contributed by atoms with Gasteiger partial charge in [0.15, 0.2) is 0 Å². The molecule has 3 rings (SSSR count). The molecule has 0 saturated heterocycles. The SMILES string of the molecule is COc1cccc(C(O)CNCc2cc(F)cc3cccnc23)c1. The van der Waals surface area contributed by atoms with Crippen molar-refractivity contribution in [2.24, 2.45) is 0 Å². The number of ether oxygens (including phenoxy) is 1. The average Bonchev–Trinajstić information content (AvgIpc) is 2.61. The molecule has 1 unspecified atom stereocenters. The number of pyridine rings is 1. The van der Waals surface area contributed by atoms with Crippen LogP contribution in [0.2, 0.25) is 0 Å². The third-order valence-corrected chi connectivity index (χ3v) is 3.88. The van der Waals surface area contributed by atoms with Gasteiger partial charge < -0.3 is 15.2 Å². The van der Waals surface area contributed by atoms with E-state index in [9.17, 15) is 9.50 Å². The van der Waals surface area contributed by atoms with Crippen LogP contribution in [0.1, 0.15) is 17.2 Å². The van der Waals surface area contributed by atoms with Crippen LogP contribution in [0.25, 0.3) is 10.9 Å². The van der Waals surface area contributed by atoms with Crippen molar-refractivity contribution in [2.45, 2.75) is 12.6 Å². The van der Waals surface area contributed by atoms with Gasteiger partial charge in [0, 0.05) is 24.7 Å². The Kier molecular flexibility index (Phi) is 5.03. The molecule has 0 radical (unpaired) electrons. The molecule has 3 aromatic rings. The zero-order valence-corrected chi connectivity index (χ0v) is 13.4. The first-order chi connectivity index (χ1) is 11.7. The molecule has 0 spiro atoms. The summed E-state index contributed by atoms with van der Waals surface area (Å²) in [5, 5.41) is 14.2. The molecule has 2 N–H and O–H groups in total. The van der Waals surface area contributed by atoms with E-state index in [-0.39, 0.29) is 5.82 Å². The van der Waals surface area contributed by atoms with E-state index in [1.54, 1.807) is 25.4 Å². The van der Waals surface area contributed by atoms with E-state index in [2.05, 4.69) is 10.3 Å². The Labute approximate surface area is 139 Å². The number of nitrogens with one attached hydrogen (secondary N) is 1. The zero-order valence-electron chi connectivity index (χ0n) is 13.4. The van der Waals surface area contributed by atoms with Crippen molar-refractivity contribution in [3.8, 4) is 5.75 Å². The molecule has 124 valence electrons. The van der Waals surface area contributed by atoms with Gasteiger partial charge in [0.05, 0.1) is 18.7 Å². The van der Waals surface area contributed by atoms with E-state index in [0.29, 0.717) is 18.8 Å². The molecule has 0 bridgehead atoms. The molecule has 0 amide bonds. The van der Waals surface area contributed by atoms with Gasteiger partial charge in [-0.1, -0.05) is 18.2 Å². The smallest absolute Gasteiger partial charge is 0.124 e. The second-order valence-corrected chi connectivity index (χ2v) is 5.56. The van der Waals surface area contributed by atoms with E-state index < -0.39 is 6.10 Å². The van der Waals surface area contributed by atoms with Crippen LogP contribution in [-0.2, 0) is 6.54 Å². The minimum atomic E-state index is -0.673. The summed E-state index contributed by atoms with van der Waals surface area (Å²) < 4.78 is 18.9. The van der Waals surface area contributed by atoms with Crippen LogP contribution in [0.3, 0.4) is 0 Å². The largest absolute Gasteiger partial charge is 0.497 e. The maximum Gasteiger partial charge on any atom is 0.124 e. The number of rotatable bonds is 6. The third-order valence-electron chi connectivity index (χ3n) is 3.88. The minimum Gasteiger partial charge on any atom is -0.497 e. The minimum absolute atomic E-state index is 0.291. The van der Waals surface area contributed by atoms with Gasteiger partial charge in [0.1, 0.15) is 11.6 Å². The Balaban J connectivity index is 1.68. The van der Waals surface area contributed by atoms with E-state index in [4.69, 9.17) is 4.74 Å².